The molecule has 92 valence electrons. The van der Waals surface area contributed by atoms with Crippen LogP contribution in [0.2, 0.25) is 0 Å². The van der Waals surface area contributed by atoms with Crippen LogP contribution in [0.3, 0.4) is 0 Å². The summed E-state index contributed by atoms with van der Waals surface area (Å²) in [6, 6.07) is 4.07. The number of anilines is 1. The maximum absolute atomic E-state index is 9.31. The second kappa shape index (κ2) is 4.71. The molecule has 0 saturated heterocycles. The molecule has 0 amide bonds. The molecule has 0 aliphatic heterocycles. The fraction of sp³-hybridized carbons (Fsp3) is 0.500. The lowest BCUT2D eigenvalue weighted by atomic mass is 10.2. The van der Waals surface area contributed by atoms with Crippen LogP contribution in [0.5, 0.6) is 0 Å². The van der Waals surface area contributed by atoms with Gasteiger partial charge in [-0.2, -0.15) is 9.61 Å². The summed E-state index contributed by atoms with van der Waals surface area (Å²) in [5, 5.41) is 13.5. The predicted molar refractivity (Wildman–Crippen MR) is 67.3 cm³/mol. The Morgan fingerprint density at radius 2 is 2.24 bits per heavy atom. The van der Waals surface area contributed by atoms with E-state index in [1.807, 2.05) is 24.6 Å². The molecule has 17 heavy (non-hydrogen) atoms. The van der Waals surface area contributed by atoms with Crippen LogP contribution in [0.25, 0.3) is 5.65 Å². The third-order valence-corrected chi connectivity index (χ3v) is 2.78. The molecule has 0 bridgehead atoms. The van der Waals surface area contributed by atoms with Crippen molar-refractivity contribution in [2.45, 2.75) is 26.4 Å². The number of rotatable bonds is 4. The zero-order chi connectivity index (χ0) is 12.4. The van der Waals surface area contributed by atoms with E-state index in [0.29, 0.717) is 0 Å². The molecule has 1 atom stereocenters. The summed E-state index contributed by atoms with van der Waals surface area (Å²) in [7, 11) is 2.00. The standard InChI is InChI=1S/C12H18N4O/c1-9-6-11-13-8-14-16(11)12(7-9)15(3)5-4-10(2)17/h6-8,10,17H,4-5H2,1-3H3. The Morgan fingerprint density at radius 1 is 1.47 bits per heavy atom. The van der Waals surface area contributed by atoms with E-state index in [-0.39, 0.29) is 6.10 Å². The second-order valence-electron chi connectivity index (χ2n) is 4.48. The van der Waals surface area contributed by atoms with Crippen LogP contribution in [0, 0.1) is 6.92 Å². The van der Waals surface area contributed by atoms with Crippen LogP contribution >= 0.6 is 0 Å². The van der Waals surface area contributed by atoms with Crippen molar-refractivity contribution in [2.24, 2.45) is 0 Å². The van der Waals surface area contributed by atoms with Gasteiger partial charge in [-0.3, -0.25) is 0 Å². The second-order valence-corrected chi connectivity index (χ2v) is 4.48. The maximum Gasteiger partial charge on any atom is 0.157 e. The van der Waals surface area contributed by atoms with Gasteiger partial charge in [0.2, 0.25) is 0 Å². The van der Waals surface area contributed by atoms with Gasteiger partial charge < -0.3 is 10.0 Å². The SMILES string of the molecule is Cc1cc(N(C)CCC(C)O)n2ncnc2c1. The Kier molecular flexibility index (Phi) is 3.28. The molecule has 2 rings (SSSR count). The number of aryl methyl sites for hydroxylation is 1. The molecule has 2 aromatic rings. The number of aromatic nitrogens is 3. The first-order valence-electron chi connectivity index (χ1n) is 5.77. The number of aliphatic hydroxyl groups is 1. The number of fused-ring (bicyclic) bond motifs is 1. The average Bonchev–Trinajstić information content (AvgIpc) is 2.72. The van der Waals surface area contributed by atoms with Crippen LogP contribution in [0.15, 0.2) is 18.5 Å². The summed E-state index contributed by atoms with van der Waals surface area (Å²) in [6.45, 7) is 4.63. The third kappa shape index (κ3) is 2.55. The Labute approximate surface area is 101 Å². The van der Waals surface area contributed by atoms with Crippen molar-refractivity contribution >= 4 is 11.5 Å². The normalized spacial score (nSPS) is 12.9. The summed E-state index contributed by atoms with van der Waals surface area (Å²) in [6.07, 6.45) is 2.01. The highest BCUT2D eigenvalue weighted by atomic mass is 16.3. The highest BCUT2D eigenvalue weighted by Crippen LogP contribution is 2.17. The lowest BCUT2D eigenvalue weighted by Crippen LogP contribution is -2.24. The monoisotopic (exact) mass is 234 g/mol. The Hall–Kier alpha value is -1.62. The smallest absolute Gasteiger partial charge is 0.157 e. The van der Waals surface area contributed by atoms with Crippen molar-refractivity contribution < 1.29 is 5.11 Å². The molecule has 0 radical (unpaired) electrons. The Morgan fingerprint density at radius 3 is 2.94 bits per heavy atom. The van der Waals surface area contributed by atoms with Crippen LogP contribution < -0.4 is 4.90 Å². The number of hydrogen-bond donors (Lipinski definition) is 1. The minimum atomic E-state index is -0.284. The van der Waals surface area contributed by atoms with Crippen LogP contribution in [0.4, 0.5) is 5.82 Å². The first kappa shape index (κ1) is 11.9. The molecule has 0 aliphatic carbocycles. The van der Waals surface area contributed by atoms with E-state index in [1.165, 1.54) is 0 Å². The molecule has 0 aromatic carbocycles. The van der Waals surface area contributed by atoms with E-state index in [9.17, 15) is 5.11 Å². The van der Waals surface area contributed by atoms with E-state index >= 15 is 0 Å². The zero-order valence-corrected chi connectivity index (χ0v) is 10.5. The minimum Gasteiger partial charge on any atom is -0.393 e. The first-order valence-corrected chi connectivity index (χ1v) is 5.77. The maximum atomic E-state index is 9.31. The molecule has 2 aromatic heterocycles. The highest BCUT2D eigenvalue weighted by Gasteiger charge is 2.09. The summed E-state index contributed by atoms with van der Waals surface area (Å²) in [5.41, 5.74) is 2.01. The van der Waals surface area contributed by atoms with Gasteiger partial charge in [0.1, 0.15) is 12.1 Å². The molecule has 1 unspecified atom stereocenters. The summed E-state index contributed by atoms with van der Waals surface area (Å²) in [5.74, 6) is 0.998. The van der Waals surface area contributed by atoms with E-state index in [4.69, 9.17) is 0 Å². The van der Waals surface area contributed by atoms with E-state index < -0.39 is 0 Å². The van der Waals surface area contributed by atoms with Crippen molar-refractivity contribution in [3.63, 3.8) is 0 Å². The van der Waals surface area contributed by atoms with Crippen molar-refractivity contribution in [1.82, 2.24) is 14.6 Å². The van der Waals surface area contributed by atoms with Crippen LogP contribution in [-0.2, 0) is 0 Å². The molecule has 2 heterocycles. The van der Waals surface area contributed by atoms with Gasteiger partial charge in [-0.15, -0.1) is 0 Å². The Balaban J connectivity index is 2.30. The van der Waals surface area contributed by atoms with Gasteiger partial charge in [0.15, 0.2) is 5.65 Å². The van der Waals surface area contributed by atoms with Gasteiger partial charge in [-0.05, 0) is 38.0 Å². The van der Waals surface area contributed by atoms with Crippen LogP contribution in [0.1, 0.15) is 18.9 Å². The molecule has 0 saturated carbocycles. The van der Waals surface area contributed by atoms with Gasteiger partial charge in [0, 0.05) is 13.6 Å². The fourth-order valence-corrected chi connectivity index (χ4v) is 1.80. The van der Waals surface area contributed by atoms with E-state index in [2.05, 4.69) is 21.0 Å². The van der Waals surface area contributed by atoms with Gasteiger partial charge in [0.25, 0.3) is 0 Å². The van der Waals surface area contributed by atoms with Gasteiger partial charge >= 0.3 is 0 Å². The summed E-state index contributed by atoms with van der Waals surface area (Å²) in [4.78, 5) is 6.28. The van der Waals surface area contributed by atoms with Gasteiger partial charge in [0.05, 0.1) is 6.10 Å². The molecule has 0 fully saturated rings. The minimum absolute atomic E-state index is 0.284. The van der Waals surface area contributed by atoms with Gasteiger partial charge in [-0.25, -0.2) is 4.98 Å². The molecule has 0 spiro atoms. The Bertz CT molecular complexity index is 506. The molecular weight excluding hydrogens is 216 g/mol. The van der Waals surface area contributed by atoms with E-state index in [0.717, 1.165) is 30.0 Å². The lowest BCUT2D eigenvalue weighted by molar-refractivity contribution is 0.186. The predicted octanol–water partition coefficient (Wildman–Crippen LogP) is 1.24. The van der Waals surface area contributed by atoms with Gasteiger partial charge in [-0.1, -0.05) is 0 Å². The fourth-order valence-electron chi connectivity index (χ4n) is 1.80. The summed E-state index contributed by atoms with van der Waals surface area (Å²) < 4.78 is 1.81. The van der Waals surface area contributed by atoms with Crippen molar-refractivity contribution in [3.8, 4) is 0 Å². The third-order valence-electron chi connectivity index (χ3n) is 2.78. The van der Waals surface area contributed by atoms with E-state index in [1.54, 1.807) is 13.3 Å². The van der Waals surface area contributed by atoms with Crippen molar-refractivity contribution in [3.05, 3.63) is 24.0 Å². The number of pyridine rings is 1. The molecular formula is C12H18N4O. The van der Waals surface area contributed by atoms with Crippen LogP contribution in [-0.4, -0.2) is 39.4 Å². The quantitative estimate of drug-likeness (QED) is 0.865. The molecule has 5 nitrogen and oxygen atoms in total. The largest absolute Gasteiger partial charge is 0.393 e. The zero-order valence-electron chi connectivity index (χ0n) is 10.5. The average molecular weight is 234 g/mol. The molecule has 1 N–H and O–H groups in total. The number of hydrogen-bond acceptors (Lipinski definition) is 4. The molecule has 5 heteroatoms. The lowest BCUT2D eigenvalue weighted by Gasteiger charge is -2.21. The van der Waals surface area contributed by atoms with Crippen molar-refractivity contribution in [2.75, 3.05) is 18.5 Å². The molecule has 0 aliphatic rings. The summed E-state index contributed by atoms with van der Waals surface area (Å²) >= 11 is 0. The van der Waals surface area contributed by atoms with Crippen molar-refractivity contribution in [1.29, 1.82) is 0 Å². The topological polar surface area (TPSA) is 53.7 Å². The highest BCUT2D eigenvalue weighted by molar-refractivity contribution is 5.52. The number of aliphatic hydroxyl groups excluding tert-OH is 1. The first-order chi connectivity index (χ1) is 8.08. The number of nitrogens with zero attached hydrogens (tertiary/aromatic N) is 4.